The van der Waals surface area contributed by atoms with E-state index in [1.54, 1.807) is 0 Å². The average molecular weight is 241 g/mol. The third-order valence-corrected chi connectivity index (χ3v) is 4.23. The fraction of sp³-hybridized carbons (Fsp3) is 0.200. The van der Waals surface area contributed by atoms with Crippen LogP contribution in [0.1, 0.15) is 13.3 Å². The number of thioether (sulfide) groups is 1. The summed E-state index contributed by atoms with van der Waals surface area (Å²) in [7, 11) is 0. The van der Waals surface area contributed by atoms with E-state index in [-0.39, 0.29) is 0 Å². The molecule has 3 rings (SSSR count). The number of fused-ring (bicyclic) bond motifs is 3. The molecule has 0 bridgehead atoms. The minimum Gasteiger partial charge on any atom is -0.354 e. The smallest absolute Gasteiger partial charge is 0.0602 e. The summed E-state index contributed by atoms with van der Waals surface area (Å²) in [6.07, 6.45) is 1.21. The Kier molecular flexibility index (Phi) is 2.81. The molecule has 0 aliphatic heterocycles. The van der Waals surface area contributed by atoms with Gasteiger partial charge < -0.3 is 4.98 Å². The molecule has 86 valence electrons. The molecular weight excluding hydrogens is 226 g/mol. The minimum absolute atomic E-state index is 1.18. The van der Waals surface area contributed by atoms with Crippen LogP contribution in [0.2, 0.25) is 0 Å². The van der Waals surface area contributed by atoms with Crippen LogP contribution in [0.15, 0.2) is 47.4 Å². The number of para-hydroxylation sites is 2. The molecule has 0 unspecified atom stereocenters. The predicted molar refractivity (Wildman–Crippen MR) is 76.8 cm³/mol. The largest absolute Gasteiger partial charge is 0.354 e. The summed E-state index contributed by atoms with van der Waals surface area (Å²) in [5, 5.41) is 2.66. The van der Waals surface area contributed by atoms with Gasteiger partial charge in [0.25, 0.3) is 0 Å². The summed E-state index contributed by atoms with van der Waals surface area (Å²) in [4.78, 5) is 4.90. The van der Waals surface area contributed by atoms with E-state index in [2.05, 4.69) is 54.4 Å². The Morgan fingerprint density at radius 1 is 1.00 bits per heavy atom. The number of aromatic nitrogens is 1. The number of hydrogen-bond acceptors (Lipinski definition) is 1. The fourth-order valence-electron chi connectivity index (χ4n) is 2.18. The van der Waals surface area contributed by atoms with E-state index in [1.807, 2.05) is 11.8 Å². The molecule has 0 fully saturated rings. The van der Waals surface area contributed by atoms with Crippen molar-refractivity contribution in [2.45, 2.75) is 18.2 Å². The van der Waals surface area contributed by atoms with Crippen LogP contribution < -0.4 is 0 Å². The SMILES string of the molecule is CCCSc1cccc2c1[nH]c1ccccc12. The van der Waals surface area contributed by atoms with Gasteiger partial charge in [-0.3, -0.25) is 0 Å². The van der Waals surface area contributed by atoms with E-state index in [0.29, 0.717) is 0 Å². The highest BCUT2D eigenvalue weighted by Gasteiger charge is 2.06. The Hall–Kier alpha value is -1.41. The molecule has 2 heteroatoms. The third kappa shape index (κ3) is 1.83. The fourth-order valence-corrected chi connectivity index (χ4v) is 3.08. The lowest BCUT2D eigenvalue weighted by molar-refractivity contribution is 1.10. The van der Waals surface area contributed by atoms with Crippen LogP contribution in [0.25, 0.3) is 21.8 Å². The second-order valence-electron chi connectivity index (χ2n) is 4.20. The summed E-state index contributed by atoms with van der Waals surface area (Å²) >= 11 is 1.93. The molecule has 0 saturated carbocycles. The zero-order valence-electron chi connectivity index (χ0n) is 9.86. The molecule has 0 amide bonds. The first-order chi connectivity index (χ1) is 8.40. The normalized spacial score (nSPS) is 11.4. The summed E-state index contributed by atoms with van der Waals surface area (Å²) < 4.78 is 0. The van der Waals surface area contributed by atoms with Crippen molar-refractivity contribution in [3.8, 4) is 0 Å². The van der Waals surface area contributed by atoms with Gasteiger partial charge in [0.2, 0.25) is 0 Å². The van der Waals surface area contributed by atoms with Crippen LogP contribution >= 0.6 is 11.8 Å². The third-order valence-electron chi connectivity index (χ3n) is 2.96. The zero-order chi connectivity index (χ0) is 11.7. The maximum absolute atomic E-state index is 3.53. The molecule has 0 aliphatic rings. The number of H-pyrrole nitrogens is 1. The summed E-state index contributed by atoms with van der Waals surface area (Å²) in [5.74, 6) is 1.18. The molecule has 0 aliphatic carbocycles. The monoisotopic (exact) mass is 241 g/mol. The summed E-state index contributed by atoms with van der Waals surface area (Å²) in [6.45, 7) is 2.22. The standard InChI is InChI=1S/C15H15NS/c1-2-10-17-14-9-5-7-12-11-6-3-4-8-13(11)16-15(12)14/h3-9,16H,2,10H2,1H3. The lowest BCUT2D eigenvalue weighted by atomic mass is 10.1. The highest BCUT2D eigenvalue weighted by molar-refractivity contribution is 7.99. The van der Waals surface area contributed by atoms with Gasteiger partial charge in [0.1, 0.15) is 0 Å². The van der Waals surface area contributed by atoms with Crippen molar-refractivity contribution in [3.05, 3.63) is 42.5 Å². The molecule has 0 spiro atoms. The Bertz CT molecular complexity index is 654. The number of hydrogen-bond donors (Lipinski definition) is 1. The molecule has 0 atom stereocenters. The van der Waals surface area contributed by atoms with Crippen LogP contribution in [-0.4, -0.2) is 10.7 Å². The van der Waals surface area contributed by atoms with Crippen molar-refractivity contribution in [1.82, 2.24) is 4.98 Å². The Balaban J connectivity index is 2.24. The van der Waals surface area contributed by atoms with E-state index in [1.165, 1.54) is 38.9 Å². The molecule has 1 heterocycles. The summed E-state index contributed by atoms with van der Waals surface area (Å²) in [5.41, 5.74) is 2.51. The van der Waals surface area contributed by atoms with Gasteiger partial charge in [-0.2, -0.15) is 0 Å². The predicted octanol–water partition coefficient (Wildman–Crippen LogP) is 4.82. The highest BCUT2D eigenvalue weighted by Crippen LogP contribution is 2.32. The van der Waals surface area contributed by atoms with Gasteiger partial charge in [-0.25, -0.2) is 0 Å². The quantitative estimate of drug-likeness (QED) is 0.650. The lowest BCUT2D eigenvalue weighted by Gasteiger charge is -2.01. The Morgan fingerprint density at radius 3 is 2.71 bits per heavy atom. The van der Waals surface area contributed by atoms with Crippen LogP contribution in [-0.2, 0) is 0 Å². The van der Waals surface area contributed by atoms with Gasteiger partial charge in [0.05, 0.1) is 5.52 Å². The first-order valence-electron chi connectivity index (χ1n) is 6.02. The van der Waals surface area contributed by atoms with Crippen molar-refractivity contribution in [2.24, 2.45) is 0 Å². The second kappa shape index (κ2) is 4.46. The molecule has 1 nitrogen and oxygen atoms in total. The highest BCUT2D eigenvalue weighted by atomic mass is 32.2. The molecule has 17 heavy (non-hydrogen) atoms. The zero-order valence-corrected chi connectivity index (χ0v) is 10.7. The Morgan fingerprint density at radius 2 is 1.82 bits per heavy atom. The van der Waals surface area contributed by atoms with Crippen LogP contribution in [0.5, 0.6) is 0 Å². The first kappa shape index (κ1) is 10.7. The van der Waals surface area contributed by atoms with Crippen LogP contribution in [0, 0.1) is 0 Å². The lowest BCUT2D eigenvalue weighted by Crippen LogP contribution is -1.78. The summed E-state index contributed by atoms with van der Waals surface area (Å²) in [6, 6.07) is 15.1. The van der Waals surface area contributed by atoms with Crippen molar-refractivity contribution < 1.29 is 0 Å². The van der Waals surface area contributed by atoms with E-state index < -0.39 is 0 Å². The molecule has 1 aromatic heterocycles. The van der Waals surface area contributed by atoms with Gasteiger partial charge >= 0.3 is 0 Å². The van der Waals surface area contributed by atoms with Crippen molar-refractivity contribution in [2.75, 3.05) is 5.75 Å². The van der Waals surface area contributed by atoms with Gasteiger partial charge in [-0.15, -0.1) is 11.8 Å². The maximum Gasteiger partial charge on any atom is 0.0602 e. The van der Waals surface area contributed by atoms with E-state index in [9.17, 15) is 0 Å². The van der Waals surface area contributed by atoms with Gasteiger partial charge in [-0.1, -0.05) is 37.3 Å². The number of aromatic amines is 1. The first-order valence-corrected chi connectivity index (χ1v) is 7.01. The van der Waals surface area contributed by atoms with E-state index in [4.69, 9.17) is 0 Å². The van der Waals surface area contributed by atoms with Crippen molar-refractivity contribution in [1.29, 1.82) is 0 Å². The average Bonchev–Trinajstić information content (AvgIpc) is 2.75. The number of benzene rings is 2. The van der Waals surface area contributed by atoms with Crippen molar-refractivity contribution in [3.63, 3.8) is 0 Å². The van der Waals surface area contributed by atoms with Gasteiger partial charge in [0.15, 0.2) is 0 Å². The van der Waals surface area contributed by atoms with E-state index >= 15 is 0 Å². The Labute approximate surface area is 105 Å². The number of rotatable bonds is 3. The molecule has 3 aromatic rings. The topological polar surface area (TPSA) is 15.8 Å². The molecule has 0 saturated heterocycles. The van der Waals surface area contributed by atoms with Gasteiger partial charge in [-0.05, 0) is 24.3 Å². The molecule has 1 N–H and O–H groups in total. The second-order valence-corrected chi connectivity index (χ2v) is 5.33. The minimum atomic E-state index is 1.18. The maximum atomic E-state index is 3.53. The van der Waals surface area contributed by atoms with Gasteiger partial charge in [0, 0.05) is 21.2 Å². The number of nitrogens with one attached hydrogen (secondary N) is 1. The molecular formula is C15H15NS. The van der Waals surface area contributed by atoms with Crippen molar-refractivity contribution >= 4 is 33.6 Å². The van der Waals surface area contributed by atoms with Crippen LogP contribution in [0.3, 0.4) is 0 Å². The van der Waals surface area contributed by atoms with Crippen LogP contribution in [0.4, 0.5) is 0 Å². The van der Waals surface area contributed by atoms with E-state index in [0.717, 1.165) is 0 Å². The molecule has 2 aromatic carbocycles. The molecule has 0 radical (unpaired) electrons.